The molecule has 1 fully saturated rings. The van der Waals surface area contributed by atoms with Gasteiger partial charge in [-0.05, 0) is 49.3 Å². The third-order valence-corrected chi connectivity index (χ3v) is 6.08. The van der Waals surface area contributed by atoms with Gasteiger partial charge >= 0.3 is 0 Å². The molecule has 0 saturated heterocycles. The molecule has 3 N–H and O–H groups in total. The zero-order valence-corrected chi connectivity index (χ0v) is 13.4. The van der Waals surface area contributed by atoms with E-state index in [4.69, 9.17) is 5.73 Å². The first kappa shape index (κ1) is 16.2. The van der Waals surface area contributed by atoms with Gasteiger partial charge in [-0.3, -0.25) is 0 Å². The fourth-order valence-corrected chi connectivity index (χ4v) is 4.23. The van der Waals surface area contributed by atoms with Crippen LogP contribution >= 0.6 is 0 Å². The molecule has 1 aliphatic rings. The van der Waals surface area contributed by atoms with Crippen LogP contribution < -0.4 is 10.5 Å². The van der Waals surface area contributed by atoms with Gasteiger partial charge in [-0.1, -0.05) is 19.8 Å². The summed E-state index contributed by atoms with van der Waals surface area (Å²) in [6.45, 7) is 4.08. The van der Waals surface area contributed by atoms with Crippen LogP contribution in [0.4, 0.5) is 10.1 Å². The van der Waals surface area contributed by atoms with Crippen LogP contribution in [0.2, 0.25) is 0 Å². The molecule has 0 aliphatic heterocycles. The Hall–Kier alpha value is -1.14. The molecule has 0 aromatic heterocycles. The van der Waals surface area contributed by atoms with Crippen molar-refractivity contribution in [3.63, 3.8) is 0 Å². The van der Waals surface area contributed by atoms with Gasteiger partial charge in [0.15, 0.2) is 0 Å². The molecule has 0 atom stereocenters. The van der Waals surface area contributed by atoms with Gasteiger partial charge in [0.25, 0.3) is 0 Å². The third-order valence-electron chi connectivity index (χ3n) is 4.66. The van der Waals surface area contributed by atoms with Gasteiger partial charge in [-0.15, -0.1) is 0 Å². The average molecular weight is 314 g/mol. The minimum Gasteiger partial charge on any atom is -0.398 e. The SMILES string of the molecule is CCC1(CNS(=O)(=O)c2cc(N)c(C)cc2F)CCCC1. The molecule has 21 heavy (non-hydrogen) atoms. The fraction of sp³-hybridized carbons (Fsp3) is 0.600. The first-order valence-corrected chi connectivity index (χ1v) is 8.83. The van der Waals surface area contributed by atoms with Gasteiger partial charge in [0, 0.05) is 12.2 Å². The number of anilines is 1. The Morgan fingerprint density at radius 3 is 2.52 bits per heavy atom. The highest BCUT2D eigenvalue weighted by molar-refractivity contribution is 7.89. The average Bonchev–Trinajstić information content (AvgIpc) is 2.90. The Labute approximate surface area is 126 Å². The fourth-order valence-electron chi connectivity index (χ4n) is 2.98. The second-order valence-corrected chi connectivity index (χ2v) is 7.76. The molecule has 0 radical (unpaired) electrons. The molecule has 4 nitrogen and oxygen atoms in total. The van der Waals surface area contributed by atoms with Crippen LogP contribution in [0.25, 0.3) is 0 Å². The van der Waals surface area contributed by atoms with Crippen molar-refractivity contribution in [2.75, 3.05) is 12.3 Å². The summed E-state index contributed by atoms with van der Waals surface area (Å²) in [5.41, 5.74) is 6.53. The van der Waals surface area contributed by atoms with Crippen molar-refractivity contribution in [2.45, 2.75) is 50.8 Å². The van der Waals surface area contributed by atoms with Crippen LogP contribution in [-0.2, 0) is 10.0 Å². The van der Waals surface area contributed by atoms with Crippen molar-refractivity contribution in [2.24, 2.45) is 5.41 Å². The van der Waals surface area contributed by atoms with E-state index in [9.17, 15) is 12.8 Å². The molecular weight excluding hydrogens is 291 g/mol. The molecular formula is C15H23FN2O2S. The van der Waals surface area contributed by atoms with Crippen molar-refractivity contribution in [1.82, 2.24) is 4.72 Å². The Bertz CT molecular complexity index is 623. The number of benzene rings is 1. The molecule has 118 valence electrons. The van der Waals surface area contributed by atoms with Crippen molar-refractivity contribution >= 4 is 15.7 Å². The summed E-state index contributed by atoms with van der Waals surface area (Å²) in [5, 5.41) is 0. The number of nitrogens with one attached hydrogen (secondary N) is 1. The quantitative estimate of drug-likeness (QED) is 0.821. The molecule has 2 rings (SSSR count). The van der Waals surface area contributed by atoms with E-state index in [0.717, 1.165) is 38.2 Å². The number of hydrogen-bond donors (Lipinski definition) is 2. The topological polar surface area (TPSA) is 72.2 Å². The molecule has 1 aliphatic carbocycles. The van der Waals surface area contributed by atoms with Crippen LogP contribution in [0.5, 0.6) is 0 Å². The monoisotopic (exact) mass is 314 g/mol. The van der Waals surface area contributed by atoms with E-state index >= 15 is 0 Å². The number of nitrogens with two attached hydrogens (primary N) is 1. The van der Waals surface area contributed by atoms with Gasteiger partial charge in [0.05, 0.1) is 0 Å². The standard InChI is InChI=1S/C15H23FN2O2S/c1-3-15(6-4-5-7-15)10-18-21(19,20)14-9-13(17)11(2)8-12(14)16/h8-9,18H,3-7,10,17H2,1-2H3. The molecule has 1 saturated carbocycles. The van der Waals surface area contributed by atoms with Crippen LogP contribution in [0, 0.1) is 18.2 Å². The summed E-state index contributed by atoms with van der Waals surface area (Å²) < 4.78 is 41.2. The number of halogens is 1. The molecule has 0 heterocycles. The first-order valence-electron chi connectivity index (χ1n) is 7.35. The Kier molecular flexibility index (Phi) is 4.58. The molecule has 0 spiro atoms. The maximum absolute atomic E-state index is 13.9. The highest BCUT2D eigenvalue weighted by Crippen LogP contribution is 2.40. The predicted molar refractivity (Wildman–Crippen MR) is 81.9 cm³/mol. The van der Waals surface area contributed by atoms with E-state index in [1.54, 1.807) is 6.92 Å². The lowest BCUT2D eigenvalue weighted by Crippen LogP contribution is -2.36. The Balaban J connectivity index is 2.21. The molecule has 0 amide bonds. The minimum atomic E-state index is -3.87. The maximum Gasteiger partial charge on any atom is 0.243 e. The summed E-state index contributed by atoms with van der Waals surface area (Å²) in [6.07, 6.45) is 5.21. The summed E-state index contributed by atoms with van der Waals surface area (Å²) in [6, 6.07) is 2.36. The van der Waals surface area contributed by atoms with Crippen molar-refractivity contribution < 1.29 is 12.8 Å². The zero-order chi connectivity index (χ0) is 15.7. The van der Waals surface area contributed by atoms with Crippen LogP contribution in [0.3, 0.4) is 0 Å². The molecule has 6 heteroatoms. The van der Waals surface area contributed by atoms with Crippen LogP contribution in [0.15, 0.2) is 17.0 Å². The van der Waals surface area contributed by atoms with Gasteiger partial charge in [-0.2, -0.15) is 0 Å². The molecule has 0 bridgehead atoms. The van der Waals surface area contributed by atoms with Gasteiger partial charge < -0.3 is 5.73 Å². The van der Waals surface area contributed by atoms with E-state index in [0.29, 0.717) is 12.1 Å². The number of nitrogen functional groups attached to an aromatic ring is 1. The highest BCUT2D eigenvalue weighted by Gasteiger charge is 2.33. The van der Waals surface area contributed by atoms with Crippen molar-refractivity contribution in [3.05, 3.63) is 23.5 Å². The van der Waals surface area contributed by atoms with Gasteiger partial charge in [0.2, 0.25) is 10.0 Å². The summed E-state index contributed by atoms with van der Waals surface area (Å²) in [5.74, 6) is -0.758. The van der Waals surface area contributed by atoms with Gasteiger partial charge in [0.1, 0.15) is 10.7 Å². The van der Waals surface area contributed by atoms with Crippen molar-refractivity contribution in [3.8, 4) is 0 Å². The van der Waals surface area contributed by atoms with E-state index in [-0.39, 0.29) is 16.0 Å². The minimum absolute atomic E-state index is 0.0137. The number of rotatable bonds is 5. The smallest absolute Gasteiger partial charge is 0.243 e. The van der Waals surface area contributed by atoms with E-state index in [1.165, 1.54) is 6.07 Å². The van der Waals surface area contributed by atoms with E-state index < -0.39 is 15.8 Å². The summed E-state index contributed by atoms with van der Waals surface area (Å²) in [7, 11) is -3.87. The number of sulfonamides is 1. The zero-order valence-electron chi connectivity index (χ0n) is 12.6. The van der Waals surface area contributed by atoms with Crippen molar-refractivity contribution in [1.29, 1.82) is 0 Å². The number of aryl methyl sites for hydroxylation is 1. The maximum atomic E-state index is 13.9. The lowest BCUT2D eigenvalue weighted by Gasteiger charge is -2.27. The van der Waals surface area contributed by atoms with E-state index in [2.05, 4.69) is 11.6 Å². The lowest BCUT2D eigenvalue weighted by molar-refractivity contribution is 0.285. The second kappa shape index (κ2) is 5.93. The summed E-state index contributed by atoms with van der Waals surface area (Å²) in [4.78, 5) is -0.366. The van der Waals surface area contributed by atoms with Crippen LogP contribution in [-0.4, -0.2) is 15.0 Å². The molecule has 0 unspecified atom stereocenters. The summed E-state index contributed by atoms with van der Waals surface area (Å²) >= 11 is 0. The third kappa shape index (κ3) is 3.37. The Morgan fingerprint density at radius 1 is 1.33 bits per heavy atom. The first-order chi connectivity index (χ1) is 9.80. The van der Waals surface area contributed by atoms with Crippen LogP contribution in [0.1, 0.15) is 44.6 Å². The second-order valence-electron chi connectivity index (χ2n) is 6.02. The van der Waals surface area contributed by atoms with E-state index in [1.807, 2.05) is 0 Å². The van der Waals surface area contributed by atoms with Gasteiger partial charge in [-0.25, -0.2) is 17.5 Å². The lowest BCUT2D eigenvalue weighted by atomic mass is 9.84. The predicted octanol–water partition coefficient (Wildman–Crippen LogP) is 2.97. The normalized spacial score (nSPS) is 18.0. The number of hydrogen-bond acceptors (Lipinski definition) is 3. The Morgan fingerprint density at radius 2 is 1.95 bits per heavy atom. The largest absolute Gasteiger partial charge is 0.398 e. The molecule has 1 aromatic carbocycles. The highest BCUT2D eigenvalue weighted by atomic mass is 32.2. The molecule has 1 aromatic rings.